The van der Waals surface area contributed by atoms with E-state index in [1.807, 2.05) is 45.0 Å². The minimum Gasteiger partial charge on any atom is -0.361 e. The van der Waals surface area contributed by atoms with Crippen LogP contribution in [0.2, 0.25) is 5.02 Å². The molecule has 0 aliphatic rings. The molecule has 4 heteroatoms. The Hall–Kier alpha value is -0.800. The maximum Gasteiger partial charge on any atom is 0.166 e. The van der Waals surface area contributed by atoms with Crippen LogP contribution in [0.15, 0.2) is 24.3 Å². The zero-order valence-electron chi connectivity index (χ0n) is 9.75. The number of hydrogen-bond donors (Lipinski definition) is 2. The Morgan fingerprint density at radius 2 is 1.81 bits per heavy atom. The molecule has 1 rings (SSSR count). The van der Waals surface area contributed by atoms with Crippen LogP contribution in [0.25, 0.3) is 0 Å². The van der Waals surface area contributed by atoms with Gasteiger partial charge in [-0.25, -0.2) is 0 Å². The normalized spacial score (nSPS) is 12.3. The van der Waals surface area contributed by atoms with Gasteiger partial charge in [-0.05, 0) is 44.6 Å². The van der Waals surface area contributed by atoms with Crippen LogP contribution < -0.4 is 10.6 Å². The van der Waals surface area contributed by atoms with Gasteiger partial charge >= 0.3 is 0 Å². The van der Waals surface area contributed by atoms with E-state index in [1.54, 1.807) is 0 Å². The smallest absolute Gasteiger partial charge is 0.166 e. The summed E-state index contributed by atoms with van der Waals surface area (Å²) >= 11 is 11.3. The fraction of sp³-hybridized carbons (Fsp3) is 0.417. The van der Waals surface area contributed by atoms with E-state index >= 15 is 0 Å². The van der Waals surface area contributed by atoms with Gasteiger partial charge in [0, 0.05) is 11.1 Å². The van der Waals surface area contributed by atoms with Crippen molar-refractivity contribution in [2.24, 2.45) is 0 Å². The molecular weight excluding hydrogens is 240 g/mol. The number of halogens is 1. The van der Waals surface area contributed by atoms with Crippen LogP contribution in [0, 0.1) is 0 Å². The van der Waals surface area contributed by atoms with Crippen LogP contribution in [-0.2, 0) is 0 Å². The van der Waals surface area contributed by atoms with Crippen LogP contribution in [0.5, 0.6) is 0 Å². The molecule has 0 aromatic heterocycles. The minimum atomic E-state index is 0.104. The van der Waals surface area contributed by atoms with Crippen molar-refractivity contribution in [1.29, 1.82) is 0 Å². The summed E-state index contributed by atoms with van der Waals surface area (Å²) in [4.78, 5) is 0. The molecule has 1 atom stereocenters. The van der Waals surface area contributed by atoms with E-state index in [1.165, 1.54) is 0 Å². The monoisotopic (exact) mass is 256 g/mol. The van der Waals surface area contributed by atoms with Crippen molar-refractivity contribution in [2.75, 3.05) is 0 Å². The number of nitrogens with one attached hydrogen (secondary N) is 2. The number of benzene rings is 1. The number of hydrogen-bond acceptors (Lipinski definition) is 1. The van der Waals surface area contributed by atoms with Crippen molar-refractivity contribution in [2.45, 2.75) is 32.9 Å². The third kappa shape index (κ3) is 3.99. The average Bonchev–Trinajstić information content (AvgIpc) is 2.16. The lowest BCUT2D eigenvalue weighted by Crippen LogP contribution is -2.40. The average molecular weight is 257 g/mol. The van der Waals surface area contributed by atoms with Gasteiger partial charge in [-0.2, -0.15) is 0 Å². The lowest BCUT2D eigenvalue weighted by molar-refractivity contribution is 0.664. The predicted molar refractivity (Wildman–Crippen MR) is 73.9 cm³/mol. The van der Waals surface area contributed by atoms with Crippen molar-refractivity contribution in [3.63, 3.8) is 0 Å². The van der Waals surface area contributed by atoms with Gasteiger partial charge < -0.3 is 10.6 Å². The molecule has 0 aliphatic carbocycles. The van der Waals surface area contributed by atoms with Gasteiger partial charge in [-0.3, -0.25) is 0 Å². The minimum absolute atomic E-state index is 0.104. The van der Waals surface area contributed by atoms with Crippen LogP contribution >= 0.6 is 23.8 Å². The molecule has 1 unspecified atom stereocenters. The van der Waals surface area contributed by atoms with Gasteiger partial charge in [0.25, 0.3) is 0 Å². The highest BCUT2D eigenvalue weighted by Gasteiger charge is 2.10. The van der Waals surface area contributed by atoms with Crippen LogP contribution in [0.4, 0.5) is 0 Å². The summed E-state index contributed by atoms with van der Waals surface area (Å²) in [5.41, 5.74) is 1.05. The molecule has 0 saturated carbocycles. The lowest BCUT2D eigenvalue weighted by atomic mass is 10.1. The molecule has 0 amide bonds. The van der Waals surface area contributed by atoms with Gasteiger partial charge in [0.05, 0.1) is 6.04 Å². The fourth-order valence-corrected chi connectivity index (χ4v) is 2.12. The summed E-state index contributed by atoms with van der Waals surface area (Å²) in [6.45, 7) is 6.14. The van der Waals surface area contributed by atoms with Gasteiger partial charge in [0.1, 0.15) is 0 Å². The number of rotatable bonds is 3. The van der Waals surface area contributed by atoms with E-state index in [4.69, 9.17) is 23.8 Å². The van der Waals surface area contributed by atoms with Gasteiger partial charge in [0.2, 0.25) is 0 Å². The third-order valence-corrected chi connectivity index (χ3v) is 2.72. The molecule has 1 aromatic rings. The van der Waals surface area contributed by atoms with Crippen LogP contribution in [0.3, 0.4) is 0 Å². The summed E-state index contributed by atoms with van der Waals surface area (Å²) in [5.74, 6) is 0. The Bertz CT molecular complexity index is 366. The van der Waals surface area contributed by atoms with E-state index in [0.29, 0.717) is 11.2 Å². The highest BCUT2D eigenvalue weighted by atomic mass is 35.5. The second-order valence-corrected chi connectivity index (χ2v) is 4.83. The topological polar surface area (TPSA) is 24.1 Å². The highest BCUT2D eigenvalue weighted by Crippen LogP contribution is 2.21. The molecule has 0 heterocycles. The molecule has 0 bridgehead atoms. The van der Waals surface area contributed by atoms with Crippen molar-refractivity contribution in [3.05, 3.63) is 34.9 Å². The predicted octanol–water partition coefficient (Wildman–Crippen LogP) is 3.27. The summed E-state index contributed by atoms with van der Waals surface area (Å²) in [6.07, 6.45) is 0. The Balaban J connectivity index is 2.62. The standard InChI is InChI=1S/C12H17ClN2S/c1-8(2)14-12(16)15-9(3)10-6-4-5-7-11(10)13/h4-9H,1-3H3,(H2,14,15,16). The van der Waals surface area contributed by atoms with Crippen LogP contribution in [0.1, 0.15) is 32.4 Å². The Morgan fingerprint density at radius 3 is 2.38 bits per heavy atom. The number of thiocarbonyl (C=S) groups is 1. The Kier molecular flexibility index (Phi) is 5.03. The Morgan fingerprint density at radius 1 is 1.19 bits per heavy atom. The summed E-state index contributed by atoms with van der Waals surface area (Å²) < 4.78 is 0. The SMILES string of the molecule is CC(C)NC(=S)NC(C)c1ccccc1Cl. The van der Waals surface area contributed by atoms with Gasteiger partial charge in [-0.1, -0.05) is 29.8 Å². The third-order valence-electron chi connectivity index (χ3n) is 2.14. The molecule has 2 N–H and O–H groups in total. The highest BCUT2D eigenvalue weighted by molar-refractivity contribution is 7.80. The molecular formula is C12H17ClN2S. The van der Waals surface area contributed by atoms with Crippen molar-refractivity contribution < 1.29 is 0 Å². The summed E-state index contributed by atoms with van der Waals surface area (Å²) in [5, 5.41) is 7.76. The molecule has 0 radical (unpaired) electrons. The molecule has 0 fully saturated rings. The van der Waals surface area contributed by atoms with Crippen LogP contribution in [-0.4, -0.2) is 11.2 Å². The van der Waals surface area contributed by atoms with Crippen molar-refractivity contribution in [3.8, 4) is 0 Å². The first-order valence-electron chi connectivity index (χ1n) is 5.32. The first kappa shape index (κ1) is 13.3. The van der Waals surface area contributed by atoms with Gasteiger partial charge in [0.15, 0.2) is 5.11 Å². The molecule has 16 heavy (non-hydrogen) atoms. The van der Waals surface area contributed by atoms with E-state index in [9.17, 15) is 0 Å². The van der Waals surface area contributed by atoms with E-state index in [-0.39, 0.29) is 6.04 Å². The molecule has 2 nitrogen and oxygen atoms in total. The molecule has 0 aliphatic heterocycles. The zero-order chi connectivity index (χ0) is 12.1. The Labute approximate surface area is 107 Å². The quantitative estimate of drug-likeness (QED) is 0.812. The first-order valence-corrected chi connectivity index (χ1v) is 6.10. The maximum absolute atomic E-state index is 6.10. The second kappa shape index (κ2) is 6.06. The molecule has 0 saturated heterocycles. The van der Waals surface area contributed by atoms with Crippen molar-refractivity contribution in [1.82, 2.24) is 10.6 Å². The van der Waals surface area contributed by atoms with Gasteiger partial charge in [-0.15, -0.1) is 0 Å². The lowest BCUT2D eigenvalue weighted by Gasteiger charge is -2.19. The second-order valence-electron chi connectivity index (χ2n) is 4.02. The van der Waals surface area contributed by atoms with E-state index in [0.717, 1.165) is 10.6 Å². The van der Waals surface area contributed by atoms with E-state index < -0.39 is 0 Å². The largest absolute Gasteiger partial charge is 0.361 e. The molecule has 88 valence electrons. The summed E-state index contributed by atoms with van der Waals surface area (Å²) in [7, 11) is 0. The summed E-state index contributed by atoms with van der Waals surface area (Å²) in [6, 6.07) is 8.21. The van der Waals surface area contributed by atoms with Crippen molar-refractivity contribution >= 4 is 28.9 Å². The fourth-order valence-electron chi connectivity index (χ4n) is 1.40. The first-order chi connectivity index (χ1) is 7.50. The maximum atomic E-state index is 6.10. The molecule has 0 spiro atoms. The zero-order valence-corrected chi connectivity index (χ0v) is 11.3. The molecule has 1 aromatic carbocycles. The van der Waals surface area contributed by atoms with E-state index in [2.05, 4.69) is 10.6 Å².